The minimum absolute atomic E-state index is 0.121. The third-order valence-corrected chi connectivity index (χ3v) is 7.33. The Morgan fingerprint density at radius 1 is 0.897 bits per heavy atom. The van der Waals surface area contributed by atoms with Gasteiger partial charge in [0.05, 0.1) is 17.9 Å². The molecule has 2 amide bonds. The lowest BCUT2D eigenvalue weighted by Crippen LogP contribution is -2.51. The number of rotatable bonds is 3. The van der Waals surface area contributed by atoms with Gasteiger partial charge in [-0.3, -0.25) is 4.90 Å². The van der Waals surface area contributed by atoms with Crippen LogP contribution in [0.3, 0.4) is 0 Å². The highest BCUT2D eigenvalue weighted by atomic mass is 79.9. The van der Waals surface area contributed by atoms with Crippen molar-refractivity contribution in [1.29, 1.82) is 0 Å². The van der Waals surface area contributed by atoms with Gasteiger partial charge in [-0.05, 0) is 60.9 Å². The van der Waals surface area contributed by atoms with Crippen LogP contribution in [0.25, 0.3) is 0 Å². The van der Waals surface area contributed by atoms with Crippen LogP contribution in [0.2, 0.25) is 0 Å². The summed E-state index contributed by atoms with van der Waals surface area (Å²) in [4.78, 5) is 15.2. The molecule has 0 saturated carbocycles. The maximum atomic E-state index is 13.5. The molecule has 3 aromatic rings. The monoisotopic (exact) mass is 470 g/mol. The zero-order valence-electron chi connectivity index (χ0n) is 16.0. The molecule has 1 heterocycles. The average molecular weight is 471 g/mol. The maximum Gasteiger partial charge on any atom is 0.343 e. The molecule has 0 aromatic heterocycles. The van der Waals surface area contributed by atoms with Gasteiger partial charge < -0.3 is 0 Å². The molecular weight excluding hydrogens is 452 g/mol. The van der Waals surface area contributed by atoms with Crippen molar-refractivity contribution in [1.82, 2.24) is 0 Å². The average Bonchev–Trinajstić information content (AvgIpc) is 2.68. The maximum absolute atomic E-state index is 13.5. The summed E-state index contributed by atoms with van der Waals surface area (Å²) in [5, 5.41) is 0. The first-order valence-electron chi connectivity index (χ1n) is 9.07. The first-order chi connectivity index (χ1) is 13.8. The molecule has 0 atom stereocenters. The van der Waals surface area contributed by atoms with Gasteiger partial charge in [0.1, 0.15) is 4.90 Å². The Bertz CT molecular complexity index is 1220. The summed E-state index contributed by atoms with van der Waals surface area (Å²) < 4.78 is 28.6. The standard InChI is InChI=1S/C22H19BrN2O3S/c1-15-7-5-11-19(16(15)2)25-22(26)24(14-17-8-6-9-18(23)13-17)20-10-3-4-12-21(20)29(25,27)28/h3-13H,14H2,1-2H3. The van der Waals surface area contributed by atoms with E-state index in [1.54, 1.807) is 36.4 Å². The van der Waals surface area contributed by atoms with Crippen LogP contribution in [0, 0.1) is 13.8 Å². The summed E-state index contributed by atoms with van der Waals surface area (Å²) in [6.45, 7) is 3.98. The lowest BCUT2D eigenvalue weighted by Gasteiger charge is -2.37. The molecule has 3 aromatic carbocycles. The molecule has 0 saturated heterocycles. The molecule has 4 rings (SSSR count). The normalized spacial score (nSPS) is 15.3. The molecule has 29 heavy (non-hydrogen) atoms. The number of amides is 2. The van der Waals surface area contributed by atoms with E-state index in [4.69, 9.17) is 0 Å². The summed E-state index contributed by atoms with van der Waals surface area (Å²) in [5.74, 6) is 0. The van der Waals surface area contributed by atoms with Crippen LogP contribution in [0.15, 0.2) is 76.1 Å². The van der Waals surface area contributed by atoms with Crippen molar-refractivity contribution < 1.29 is 13.2 Å². The number of fused-ring (bicyclic) bond motifs is 1. The van der Waals surface area contributed by atoms with Gasteiger partial charge in [-0.2, -0.15) is 4.31 Å². The number of anilines is 2. The van der Waals surface area contributed by atoms with Gasteiger partial charge in [0, 0.05) is 4.47 Å². The van der Waals surface area contributed by atoms with Crippen molar-refractivity contribution in [2.24, 2.45) is 0 Å². The third kappa shape index (κ3) is 3.34. The highest BCUT2D eigenvalue weighted by Gasteiger charge is 2.43. The highest BCUT2D eigenvalue weighted by molar-refractivity contribution is 9.10. The topological polar surface area (TPSA) is 57.7 Å². The summed E-state index contributed by atoms with van der Waals surface area (Å²) in [7, 11) is -4.02. The van der Waals surface area contributed by atoms with E-state index in [-0.39, 0.29) is 11.4 Å². The predicted molar refractivity (Wildman–Crippen MR) is 118 cm³/mol. The van der Waals surface area contributed by atoms with Crippen LogP contribution < -0.4 is 9.21 Å². The van der Waals surface area contributed by atoms with E-state index in [0.717, 1.165) is 25.5 Å². The minimum Gasteiger partial charge on any atom is -0.287 e. The number of para-hydroxylation sites is 1. The number of aryl methyl sites for hydroxylation is 1. The summed E-state index contributed by atoms with van der Waals surface area (Å²) in [6, 6.07) is 19.0. The van der Waals surface area contributed by atoms with Crippen LogP contribution in [0.5, 0.6) is 0 Å². The van der Waals surface area contributed by atoms with Crippen LogP contribution in [0.4, 0.5) is 16.2 Å². The van der Waals surface area contributed by atoms with Crippen molar-refractivity contribution in [3.05, 3.63) is 87.9 Å². The molecule has 0 aliphatic carbocycles. The Hall–Kier alpha value is -2.64. The van der Waals surface area contributed by atoms with Crippen molar-refractivity contribution in [3.8, 4) is 0 Å². The first kappa shape index (κ1) is 19.7. The third-order valence-electron chi connectivity index (χ3n) is 5.10. The molecule has 1 aliphatic rings. The Labute approximate surface area is 178 Å². The number of urea groups is 1. The number of benzene rings is 3. The van der Waals surface area contributed by atoms with Crippen LogP contribution in [-0.4, -0.2) is 14.4 Å². The van der Waals surface area contributed by atoms with Crippen LogP contribution in [0.1, 0.15) is 16.7 Å². The number of carbonyl (C=O) groups is 1. The van der Waals surface area contributed by atoms with Crippen LogP contribution >= 0.6 is 15.9 Å². The molecular formula is C22H19BrN2O3S. The summed E-state index contributed by atoms with van der Waals surface area (Å²) >= 11 is 3.45. The predicted octanol–water partition coefficient (Wildman–Crippen LogP) is 5.40. The van der Waals surface area contributed by atoms with E-state index in [1.165, 1.54) is 4.90 Å². The Morgan fingerprint density at radius 3 is 2.34 bits per heavy atom. The minimum atomic E-state index is -4.02. The van der Waals surface area contributed by atoms with Crippen molar-refractivity contribution in [3.63, 3.8) is 0 Å². The molecule has 0 fully saturated rings. The van der Waals surface area contributed by atoms with Gasteiger partial charge in [0.2, 0.25) is 0 Å². The SMILES string of the molecule is Cc1cccc(N2C(=O)N(Cc3cccc(Br)c3)c3ccccc3S2(=O)=O)c1C. The van der Waals surface area contributed by atoms with E-state index >= 15 is 0 Å². The lowest BCUT2D eigenvalue weighted by atomic mass is 10.1. The molecule has 0 spiro atoms. The largest absolute Gasteiger partial charge is 0.343 e. The van der Waals surface area contributed by atoms with E-state index in [0.29, 0.717) is 11.4 Å². The lowest BCUT2D eigenvalue weighted by molar-refractivity contribution is 0.253. The van der Waals surface area contributed by atoms with Crippen molar-refractivity contribution >= 4 is 43.4 Å². The van der Waals surface area contributed by atoms with Gasteiger partial charge in [-0.15, -0.1) is 0 Å². The Morgan fingerprint density at radius 2 is 1.59 bits per heavy atom. The number of hydrogen-bond donors (Lipinski definition) is 0. The van der Waals surface area contributed by atoms with E-state index < -0.39 is 16.1 Å². The fourth-order valence-electron chi connectivity index (χ4n) is 3.47. The number of sulfonamides is 1. The quantitative estimate of drug-likeness (QED) is 0.514. The number of nitrogens with zero attached hydrogens (tertiary/aromatic N) is 2. The van der Waals surface area contributed by atoms with Crippen molar-refractivity contribution in [2.75, 3.05) is 9.21 Å². The van der Waals surface area contributed by atoms with E-state index in [2.05, 4.69) is 15.9 Å². The highest BCUT2D eigenvalue weighted by Crippen LogP contribution is 2.39. The van der Waals surface area contributed by atoms with Gasteiger partial charge in [-0.1, -0.05) is 52.3 Å². The molecule has 5 nitrogen and oxygen atoms in total. The van der Waals surface area contributed by atoms with E-state index in [9.17, 15) is 13.2 Å². The number of hydrogen-bond acceptors (Lipinski definition) is 3. The second-order valence-electron chi connectivity index (χ2n) is 6.95. The second-order valence-corrected chi connectivity index (χ2v) is 9.63. The van der Waals surface area contributed by atoms with Gasteiger partial charge in [0.15, 0.2) is 0 Å². The molecule has 0 bridgehead atoms. The molecule has 148 valence electrons. The first-order valence-corrected chi connectivity index (χ1v) is 11.3. The van der Waals surface area contributed by atoms with Gasteiger partial charge >= 0.3 is 6.03 Å². The van der Waals surface area contributed by atoms with Crippen LogP contribution in [-0.2, 0) is 16.6 Å². The second kappa shape index (κ2) is 7.31. The Kier molecular flexibility index (Phi) is 4.96. The molecule has 7 heteroatoms. The smallest absolute Gasteiger partial charge is 0.287 e. The van der Waals surface area contributed by atoms with Crippen molar-refractivity contribution in [2.45, 2.75) is 25.3 Å². The number of halogens is 1. The van der Waals surface area contributed by atoms with E-state index in [1.807, 2.05) is 44.2 Å². The van der Waals surface area contributed by atoms with Gasteiger partial charge in [-0.25, -0.2) is 13.2 Å². The molecule has 1 aliphatic heterocycles. The fourth-order valence-corrected chi connectivity index (χ4v) is 5.57. The zero-order chi connectivity index (χ0) is 20.8. The number of carbonyl (C=O) groups excluding carboxylic acids is 1. The molecule has 0 radical (unpaired) electrons. The summed E-state index contributed by atoms with van der Waals surface area (Å²) in [6.07, 6.45) is 0. The molecule has 0 unspecified atom stereocenters. The fraction of sp³-hybridized carbons (Fsp3) is 0.136. The van der Waals surface area contributed by atoms with Gasteiger partial charge in [0.25, 0.3) is 10.0 Å². The summed E-state index contributed by atoms with van der Waals surface area (Å²) in [5.41, 5.74) is 3.33. The molecule has 0 N–H and O–H groups in total. The Balaban J connectivity index is 1.91. The zero-order valence-corrected chi connectivity index (χ0v) is 18.4.